The van der Waals surface area contributed by atoms with E-state index in [4.69, 9.17) is 13.9 Å². The summed E-state index contributed by atoms with van der Waals surface area (Å²) in [7, 11) is 0. The van der Waals surface area contributed by atoms with E-state index in [0.29, 0.717) is 27.7 Å². The van der Waals surface area contributed by atoms with E-state index in [1.54, 1.807) is 25.1 Å². The average molecular weight is 557 g/mol. The van der Waals surface area contributed by atoms with Crippen molar-refractivity contribution in [2.75, 3.05) is 6.61 Å². The molecule has 0 bridgehead atoms. The third kappa shape index (κ3) is 6.76. The minimum absolute atomic E-state index is 0.0236. The van der Waals surface area contributed by atoms with Crippen molar-refractivity contribution in [3.63, 3.8) is 0 Å². The Bertz CT molecular complexity index is 1470. The van der Waals surface area contributed by atoms with Gasteiger partial charge in [0.15, 0.2) is 17.4 Å². The first-order valence-corrected chi connectivity index (χ1v) is 13.6. The molecule has 0 aliphatic carbocycles. The lowest BCUT2D eigenvalue weighted by molar-refractivity contribution is -0.142. The summed E-state index contributed by atoms with van der Waals surface area (Å²) >= 11 is -1.40. The summed E-state index contributed by atoms with van der Waals surface area (Å²) < 4.78 is 61.5. The summed E-state index contributed by atoms with van der Waals surface area (Å²) in [5, 5.41) is 0.705. The highest BCUT2D eigenvalue weighted by atomic mass is 32.2. The number of rotatable bonds is 10. The quantitative estimate of drug-likeness (QED) is 0.189. The molecule has 1 unspecified atom stereocenters. The summed E-state index contributed by atoms with van der Waals surface area (Å²) in [6.45, 7) is 7.30. The van der Waals surface area contributed by atoms with Crippen LogP contribution < -0.4 is 9.46 Å². The zero-order valence-electron chi connectivity index (χ0n) is 22.2. The lowest BCUT2D eigenvalue weighted by atomic mass is 10.00. The van der Waals surface area contributed by atoms with Gasteiger partial charge in [0.2, 0.25) is 0 Å². The largest absolute Gasteiger partial charge is 0.598 e. The van der Waals surface area contributed by atoms with Crippen molar-refractivity contribution in [3.05, 3.63) is 83.4 Å². The number of para-hydroxylation sites is 1. The van der Waals surface area contributed by atoms with Crippen molar-refractivity contribution in [2.45, 2.75) is 52.0 Å². The van der Waals surface area contributed by atoms with Gasteiger partial charge in [-0.2, -0.15) is 0 Å². The molecule has 1 atom stereocenters. The number of carbonyl (C=O) groups excluding carboxylic acids is 1. The Morgan fingerprint density at radius 2 is 1.95 bits per heavy atom. The first-order valence-electron chi connectivity index (χ1n) is 12.4. The van der Waals surface area contributed by atoms with Crippen molar-refractivity contribution in [1.29, 1.82) is 0 Å². The summed E-state index contributed by atoms with van der Waals surface area (Å²) in [6, 6.07) is 11.2. The van der Waals surface area contributed by atoms with Crippen LogP contribution in [0.1, 0.15) is 44.5 Å². The van der Waals surface area contributed by atoms with E-state index >= 15 is 4.39 Å². The van der Waals surface area contributed by atoms with E-state index < -0.39 is 33.7 Å². The monoisotopic (exact) mass is 556 g/mol. The van der Waals surface area contributed by atoms with Gasteiger partial charge >= 0.3 is 5.97 Å². The molecule has 206 valence electrons. The van der Waals surface area contributed by atoms with Crippen molar-refractivity contribution in [1.82, 2.24) is 9.71 Å². The van der Waals surface area contributed by atoms with Crippen LogP contribution in [0.3, 0.4) is 0 Å². The highest BCUT2D eigenvalue weighted by Gasteiger charge is 2.27. The van der Waals surface area contributed by atoms with Gasteiger partial charge in [-0.25, -0.2) is 8.78 Å². The number of nitrogens with one attached hydrogen (secondary N) is 1. The predicted octanol–water partition coefficient (Wildman–Crippen LogP) is 6.01. The Labute approximate surface area is 228 Å². The van der Waals surface area contributed by atoms with Gasteiger partial charge in [-0.3, -0.25) is 9.78 Å². The summed E-state index contributed by atoms with van der Waals surface area (Å²) in [6.07, 6.45) is 2.85. The third-order valence-corrected chi connectivity index (χ3v) is 7.38. The highest BCUT2D eigenvalue weighted by Crippen LogP contribution is 2.34. The SMILES string of the molecule is CCOC(=O)Cc1cccc(F)c1OCc1cc(-c2ccnc(CN[S+]([O-])C(C)(C)C)c2F)c2occc2c1. The van der Waals surface area contributed by atoms with Crippen molar-refractivity contribution in [2.24, 2.45) is 0 Å². The molecule has 0 aliphatic heterocycles. The van der Waals surface area contributed by atoms with Gasteiger partial charge in [-0.15, -0.1) is 4.72 Å². The van der Waals surface area contributed by atoms with Crippen LogP contribution in [0, 0.1) is 11.6 Å². The summed E-state index contributed by atoms with van der Waals surface area (Å²) in [4.78, 5) is 16.1. The number of pyridine rings is 1. The van der Waals surface area contributed by atoms with E-state index in [1.807, 2.05) is 26.8 Å². The number of ether oxygens (including phenoxy) is 2. The Hall–Kier alpha value is -3.47. The van der Waals surface area contributed by atoms with Gasteiger partial charge in [0.05, 0.1) is 31.5 Å². The van der Waals surface area contributed by atoms with Crippen molar-refractivity contribution >= 4 is 28.3 Å². The van der Waals surface area contributed by atoms with Crippen LogP contribution in [0.25, 0.3) is 22.1 Å². The Balaban J connectivity index is 1.63. The van der Waals surface area contributed by atoms with E-state index in [2.05, 4.69) is 9.71 Å². The minimum Gasteiger partial charge on any atom is -0.598 e. The maximum atomic E-state index is 15.6. The van der Waals surface area contributed by atoms with Gasteiger partial charge in [0, 0.05) is 39.6 Å². The molecule has 0 aliphatic rings. The third-order valence-electron chi connectivity index (χ3n) is 5.86. The zero-order valence-corrected chi connectivity index (χ0v) is 23.0. The van der Waals surface area contributed by atoms with Gasteiger partial charge in [-0.1, -0.05) is 12.1 Å². The second-order valence-corrected chi connectivity index (χ2v) is 11.9. The average Bonchev–Trinajstić information content (AvgIpc) is 3.35. The van der Waals surface area contributed by atoms with Gasteiger partial charge < -0.3 is 18.4 Å². The number of furan rings is 1. The van der Waals surface area contributed by atoms with Gasteiger partial charge in [0.1, 0.15) is 16.9 Å². The molecule has 7 nitrogen and oxygen atoms in total. The van der Waals surface area contributed by atoms with E-state index in [-0.39, 0.29) is 43.2 Å². The topological polar surface area (TPSA) is 96.7 Å². The zero-order chi connectivity index (χ0) is 28.2. The van der Waals surface area contributed by atoms with E-state index in [0.717, 1.165) is 0 Å². The van der Waals surface area contributed by atoms with Crippen molar-refractivity contribution in [3.8, 4) is 16.9 Å². The van der Waals surface area contributed by atoms with Crippen LogP contribution in [0.4, 0.5) is 8.78 Å². The van der Waals surface area contributed by atoms with Crippen LogP contribution in [0.5, 0.6) is 5.75 Å². The van der Waals surface area contributed by atoms with E-state index in [1.165, 1.54) is 30.7 Å². The fourth-order valence-electron chi connectivity index (χ4n) is 3.97. The smallest absolute Gasteiger partial charge is 0.310 e. The normalized spacial score (nSPS) is 12.5. The molecular formula is C29H30F2N2O5S. The maximum absolute atomic E-state index is 15.6. The fraction of sp³-hybridized carbons (Fsp3) is 0.310. The van der Waals surface area contributed by atoms with Crippen LogP contribution in [-0.4, -0.2) is 26.9 Å². The molecule has 1 N–H and O–H groups in total. The maximum Gasteiger partial charge on any atom is 0.310 e. The van der Waals surface area contributed by atoms with Gasteiger partial charge in [0.25, 0.3) is 0 Å². The van der Waals surface area contributed by atoms with Crippen LogP contribution >= 0.6 is 0 Å². The lowest BCUT2D eigenvalue weighted by Crippen LogP contribution is -2.39. The molecule has 0 fully saturated rings. The number of benzene rings is 2. The minimum atomic E-state index is -1.40. The number of aromatic nitrogens is 1. The number of hydrogen-bond donors (Lipinski definition) is 1. The Morgan fingerprint density at radius 3 is 2.69 bits per heavy atom. The number of carbonyl (C=O) groups is 1. The van der Waals surface area contributed by atoms with E-state index in [9.17, 15) is 13.7 Å². The molecule has 0 saturated carbocycles. The molecule has 2 aromatic heterocycles. The number of halogens is 2. The van der Waals surface area contributed by atoms with Gasteiger partial charge in [-0.05, 0) is 63.6 Å². The number of hydrogen-bond acceptors (Lipinski definition) is 7. The molecular weight excluding hydrogens is 526 g/mol. The molecule has 0 radical (unpaired) electrons. The van der Waals surface area contributed by atoms with Crippen LogP contribution in [0.15, 0.2) is 59.3 Å². The first-order chi connectivity index (χ1) is 18.6. The molecule has 10 heteroatoms. The second kappa shape index (κ2) is 12.1. The Kier molecular flexibility index (Phi) is 8.89. The summed E-state index contributed by atoms with van der Waals surface area (Å²) in [5.41, 5.74) is 2.29. The van der Waals surface area contributed by atoms with Crippen LogP contribution in [0.2, 0.25) is 0 Å². The molecule has 0 spiro atoms. The highest BCUT2D eigenvalue weighted by molar-refractivity contribution is 7.90. The Morgan fingerprint density at radius 1 is 1.15 bits per heavy atom. The molecule has 0 saturated heterocycles. The lowest BCUT2D eigenvalue weighted by Gasteiger charge is -2.23. The fourth-order valence-corrected chi connectivity index (χ4v) is 4.67. The molecule has 2 heterocycles. The van der Waals surface area contributed by atoms with Crippen LogP contribution in [-0.2, 0) is 40.5 Å². The van der Waals surface area contributed by atoms with Crippen molar-refractivity contribution < 1.29 is 32.0 Å². The number of fused-ring (bicyclic) bond motifs is 1. The molecule has 0 amide bonds. The standard InChI is InChI=1S/C29H30F2N2O5S/c1-5-36-25(34)15-19-7-6-8-23(30)28(19)38-17-18-13-20-10-12-37-27(20)22(14-18)21-9-11-32-24(26(21)31)16-33-39(35)29(2,3)4/h6-14,33H,5,15-17H2,1-4H3. The first kappa shape index (κ1) is 28.5. The second-order valence-electron chi connectivity index (χ2n) is 9.80. The molecule has 39 heavy (non-hydrogen) atoms. The predicted molar refractivity (Wildman–Crippen MR) is 145 cm³/mol. The number of esters is 1. The molecule has 4 aromatic rings. The molecule has 4 rings (SSSR count). The molecule has 2 aromatic carbocycles. The number of nitrogens with zero attached hydrogens (tertiary/aromatic N) is 1. The summed E-state index contributed by atoms with van der Waals surface area (Å²) in [5.74, 6) is -1.71.